The Kier molecular flexibility index (Phi) is 10.7. The standard InChI is InChI=1S/C18H33NO10/c1-13(20)19-14-15(21)16(22)18(12-28-17(14)29-18)11-27-10-9-26-8-7-25-6-5-24-4-3-23-2/h14-17,21-22H,3-12H2,1-2H3,(H,19,20)/t14-,15-,16-,17-,18+/m1/s1. The third kappa shape index (κ3) is 7.39. The zero-order valence-electron chi connectivity index (χ0n) is 17.0. The minimum Gasteiger partial charge on any atom is -0.388 e. The third-order valence-electron chi connectivity index (χ3n) is 4.63. The van der Waals surface area contributed by atoms with Crippen molar-refractivity contribution in [1.82, 2.24) is 5.32 Å². The SMILES string of the molecule is COCCOCCOCCOCCOC[C@@]12CO[C@H](O1)[C@H](NC(C)=O)[C@@H](O)[C@H]2O. The number of carbonyl (C=O) groups excluding carboxylic acids is 1. The van der Waals surface area contributed by atoms with Gasteiger partial charge in [-0.15, -0.1) is 0 Å². The number of aliphatic hydroxyl groups excluding tert-OH is 2. The second kappa shape index (κ2) is 12.7. The Labute approximate surface area is 170 Å². The highest BCUT2D eigenvalue weighted by molar-refractivity contribution is 5.73. The lowest BCUT2D eigenvalue weighted by Crippen LogP contribution is -2.66. The van der Waals surface area contributed by atoms with E-state index in [1.807, 2.05) is 0 Å². The van der Waals surface area contributed by atoms with Gasteiger partial charge in [0.25, 0.3) is 0 Å². The number of fused-ring (bicyclic) bond motifs is 2. The molecular weight excluding hydrogens is 390 g/mol. The van der Waals surface area contributed by atoms with Crippen LogP contribution < -0.4 is 5.32 Å². The molecule has 170 valence electrons. The van der Waals surface area contributed by atoms with Crippen molar-refractivity contribution in [3.8, 4) is 0 Å². The maximum atomic E-state index is 11.3. The predicted molar refractivity (Wildman–Crippen MR) is 98.3 cm³/mol. The van der Waals surface area contributed by atoms with E-state index in [2.05, 4.69) is 5.32 Å². The first-order valence-electron chi connectivity index (χ1n) is 9.73. The summed E-state index contributed by atoms with van der Waals surface area (Å²) in [6.07, 6.45) is -3.29. The Hall–Kier alpha value is -0.890. The molecule has 0 aromatic rings. The minimum absolute atomic E-state index is 0.0349. The number of methoxy groups -OCH3 is 1. The number of hydrogen-bond donors (Lipinski definition) is 3. The Bertz CT molecular complexity index is 482. The van der Waals surface area contributed by atoms with Gasteiger partial charge in [-0.1, -0.05) is 0 Å². The van der Waals surface area contributed by atoms with Crippen LogP contribution in [0.2, 0.25) is 0 Å². The summed E-state index contributed by atoms with van der Waals surface area (Å²) in [6.45, 7) is 5.03. The highest BCUT2D eigenvalue weighted by Crippen LogP contribution is 2.37. The van der Waals surface area contributed by atoms with Crippen LogP contribution in [0.25, 0.3) is 0 Å². The Morgan fingerprint density at radius 2 is 1.55 bits per heavy atom. The van der Waals surface area contributed by atoms with Gasteiger partial charge in [-0.2, -0.15) is 0 Å². The molecule has 2 heterocycles. The third-order valence-corrected chi connectivity index (χ3v) is 4.63. The van der Waals surface area contributed by atoms with Crippen molar-refractivity contribution >= 4 is 5.91 Å². The van der Waals surface area contributed by atoms with Gasteiger partial charge in [-0.3, -0.25) is 4.79 Å². The summed E-state index contributed by atoms with van der Waals surface area (Å²) in [5.74, 6) is -0.344. The first kappa shape index (κ1) is 24.4. The number of amides is 1. The van der Waals surface area contributed by atoms with Crippen LogP contribution in [0.1, 0.15) is 6.92 Å². The van der Waals surface area contributed by atoms with E-state index in [9.17, 15) is 15.0 Å². The summed E-state index contributed by atoms with van der Waals surface area (Å²) in [6, 6.07) is -0.827. The van der Waals surface area contributed by atoms with Crippen LogP contribution in [0.5, 0.6) is 0 Å². The molecule has 0 spiro atoms. The van der Waals surface area contributed by atoms with E-state index in [1.165, 1.54) is 6.92 Å². The number of nitrogens with one attached hydrogen (secondary N) is 1. The van der Waals surface area contributed by atoms with E-state index in [1.54, 1.807) is 7.11 Å². The Morgan fingerprint density at radius 3 is 2.10 bits per heavy atom. The lowest BCUT2D eigenvalue weighted by atomic mass is 9.88. The number of aliphatic hydroxyl groups is 2. The van der Waals surface area contributed by atoms with Crippen LogP contribution in [0, 0.1) is 0 Å². The second-order valence-corrected chi connectivity index (χ2v) is 6.91. The van der Waals surface area contributed by atoms with Crippen molar-refractivity contribution in [3.05, 3.63) is 0 Å². The quantitative estimate of drug-likeness (QED) is 0.255. The molecule has 29 heavy (non-hydrogen) atoms. The van der Waals surface area contributed by atoms with Crippen LogP contribution in [-0.2, 0) is 38.0 Å². The van der Waals surface area contributed by atoms with Crippen LogP contribution in [0.15, 0.2) is 0 Å². The van der Waals surface area contributed by atoms with Gasteiger partial charge in [-0.25, -0.2) is 0 Å². The summed E-state index contributed by atoms with van der Waals surface area (Å²) in [5, 5.41) is 23.3. The van der Waals surface area contributed by atoms with Crippen molar-refractivity contribution in [2.75, 3.05) is 73.2 Å². The van der Waals surface area contributed by atoms with Gasteiger partial charge in [0.15, 0.2) is 6.29 Å². The molecule has 0 radical (unpaired) electrons. The lowest BCUT2D eigenvalue weighted by Gasteiger charge is -2.42. The summed E-state index contributed by atoms with van der Waals surface area (Å²) in [4.78, 5) is 11.3. The highest BCUT2D eigenvalue weighted by Gasteiger charge is 2.59. The average molecular weight is 423 g/mol. The van der Waals surface area contributed by atoms with Gasteiger partial charge >= 0.3 is 0 Å². The summed E-state index contributed by atoms with van der Waals surface area (Å²) in [7, 11) is 1.62. The van der Waals surface area contributed by atoms with Crippen molar-refractivity contribution in [1.29, 1.82) is 0 Å². The van der Waals surface area contributed by atoms with Gasteiger partial charge in [-0.05, 0) is 0 Å². The van der Waals surface area contributed by atoms with E-state index in [-0.39, 0.29) is 25.7 Å². The molecule has 2 aliphatic heterocycles. The molecule has 1 amide bonds. The number of ether oxygens (including phenoxy) is 7. The fourth-order valence-electron chi connectivity index (χ4n) is 3.12. The Balaban J connectivity index is 1.53. The highest BCUT2D eigenvalue weighted by atomic mass is 16.8. The topological polar surface area (TPSA) is 134 Å². The maximum absolute atomic E-state index is 11.3. The summed E-state index contributed by atoms with van der Waals surface area (Å²) < 4.78 is 37.7. The van der Waals surface area contributed by atoms with Crippen molar-refractivity contribution in [2.24, 2.45) is 0 Å². The normalized spacial score (nSPS) is 31.2. The summed E-state index contributed by atoms with van der Waals surface area (Å²) in [5.41, 5.74) is -1.16. The van der Waals surface area contributed by atoms with Crippen molar-refractivity contribution in [2.45, 2.75) is 37.1 Å². The molecule has 5 atom stereocenters. The zero-order chi connectivity index (χ0) is 21.1. The monoisotopic (exact) mass is 423 g/mol. The van der Waals surface area contributed by atoms with Crippen LogP contribution in [-0.4, -0.2) is 119 Å². The van der Waals surface area contributed by atoms with Crippen LogP contribution in [0.4, 0.5) is 0 Å². The van der Waals surface area contributed by atoms with Gasteiger partial charge in [0.1, 0.15) is 23.9 Å². The molecule has 0 aliphatic carbocycles. The molecule has 0 saturated carbocycles. The fraction of sp³-hybridized carbons (Fsp3) is 0.944. The summed E-state index contributed by atoms with van der Waals surface area (Å²) >= 11 is 0. The molecule has 0 unspecified atom stereocenters. The van der Waals surface area contributed by atoms with E-state index in [0.717, 1.165) is 0 Å². The van der Waals surface area contributed by atoms with Gasteiger partial charge < -0.3 is 48.7 Å². The molecule has 3 N–H and O–H groups in total. The average Bonchev–Trinajstić information content (AvgIpc) is 3.10. The largest absolute Gasteiger partial charge is 0.388 e. The van der Waals surface area contributed by atoms with Gasteiger partial charge in [0.05, 0.1) is 66.1 Å². The molecule has 2 saturated heterocycles. The predicted octanol–water partition coefficient (Wildman–Crippen LogP) is -1.95. The molecular formula is C18H33NO10. The Morgan fingerprint density at radius 1 is 1.00 bits per heavy atom. The smallest absolute Gasteiger partial charge is 0.217 e. The van der Waals surface area contributed by atoms with E-state index in [0.29, 0.717) is 46.2 Å². The molecule has 11 nitrogen and oxygen atoms in total. The first-order chi connectivity index (χ1) is 14.0. The number of rotatable bonds is 15. The second-order valence-electron chi connectivity index (χ2n) is 6.91. The fourth-order valence-corrected chi connectivity index (χ4v) is 3.12. The molecule has 11 heteroatoms. The van der Waals surface area contributed by atoms with Crippen LogP contribution in [0.3, 0.4) is 0 Å². The first-order valence-corrected chi connectivity index (χ1v) is 9.73. The maximum Gasteiger partial charge on any atom is 0.217 e. The molecule has 2 bridgehead atoms. The minimum atomic E-state index is -1.25. The molecule has 2 rings (SSSR count). The van der Waals surface area contributed by atoms with E-state index in [4.69, 9.17) is 33.2 Å². The number of hydrogen-bond acceptors (Lipinski definition) is 10. The number of carbonyl (C=O) groups is 1. The molecule has 2 aliphatic rings. The van der Waals surface area contributed by atoms with Gasteiger partial charge in [0.2, 0.25) is 5.91 Å². The molecule has 0 aromatic carbocycles. The van der Waals surface area contributed by atoms with Crippen molar-refractivity contribution in [3.63, 3.8) is 0 Å². The van der Waals surface area contributed by atoms with E-state index < -0.39 is 30.1 Å². The lowest BCUT2D eigenvalue weighted by molar-refractivity contribution is -0.238. The molecule has 0 aromatic heterocycles. The van der Waals surface area contributed by atoms with Crippen LogP contribution >= 0.6 is 0 Å². The molecule has 2 fully saturated rings. The van der Waals surface area contributed by atoms with Gasteiger partial charge in [0, 0.05) is 14.0 Å². The van der Waals surface area contributed by atoms with Crippen molar-refractivity contribution < 1.29 is 48.2 Å². The zero-order valence-corrected chi connectivity index (χ0v) is 17.0. The van der Waals surface area contributed by atoms with E-state index >= 15 is 0 Å².